The molecule has 1 saturated heterocycles. The maximum Gasteiger partial charge on any atom is 0.410 e. The van der Waals surface area contributed by atoms with Gasteiger partial charge in [-0.05, 0) is 11.5 Å². The second-order valence-electron chi connectivity index (χ2n) is 5.76. The number of likely N-dealkylation sites (tertiary alicyclic amines) is 1. The number of hydrogen-bond acceptors (Lipinski definition) is 3. The Morgan fingerprint density at radius 1 is 1.24 bits per heavy atom. The molecule has 2 atom stereocenters. The summed E-state index contributed by atoms with van der Waals surface area (Å²) in [5, 5.41) is 0. The van der Waals surface area contributed by atoms with Gasteiger partial charge in [-0.3, -0.25) is 4.79 Å². The lowest BCUT2D eigenvalue weighted by Gasteiger charge is -2.19. The third kappa shape index (κ3) is 3.74. The molecule has 0 aliphatic carbocycles. The van der Waals surface area contributed by atoms with E-state index in [1.807, 2.05) is 37.3 Å². The molecule has 2 rings (SSSR count). The molecule has 0 radical (unpaired) electrons. The zero-order chi connectivity index (χ0) is 15.4. The average Bonchev–Trinajstić information content (AvgIpc) is 2.87. The van der Waals surface area contributed by atoms with Gasteiger partial charge in [0.1, 0.15) is 6.61 Å². The summed E-state index contributed by atoms with van der Waals surface area (Å²) in [4.78, 5) is 27.3. The van der Waals surface area contributed by atoms with Crippen LogP contribution >= 0.6 is 0 Å². The van der Waals surface area contributed by atoms with E-state index in [2.05, 4.69) is 0 Å². The van der Waals surface area contributed by atoms with Crippen LogP contribution in [-0.4, -0.2) is 49.0 Å². The number of hydrogen-bond donors (Lipinski definition) is 0. The fourth-order valence-corrected chi connectivity index (χ4v) is 2.58. The number of benzene rings is 1. The first-order valence-electron chi connectivity index (χ1n) is 7.16. The second kappa shape index (κ2) is 6.61. The van der Waals surface area contributed by atoms with Crippen molar-refractivity contribution in [2.45, 2.75) is 13.5 Å². The van der Waals surface area contributed by atoms with Crippen LogP contribution in [0.25, 0.3) is 0 Å². The molecule has 0 aromatic heterocycles. The van der Waals surface area contributed by atoms with Crippen molar-refractivity contribution in [1.82, 2.24) is 9.80 Å². The van der Waals surface area contributed by atoms with Crippen molar-refractivity contribution in [2.24, 2.45) is 11.8 Å². The third-order valence-corrected chi connectivity index (χ3v) is 3.83. The molecule has 0 spiro atoms. The molecule has 21 heavy (non-hydrogen) atoms. The van der Waals surface area contributed by atoms with Gasteiger partial charge in [-0.15, -0.1) is 0 Å². The summed E-state index contributed by atoms with van der Waals surface area (Å²) in [5.74, 6) is 0.0920. The van der Waals surface area contributed by atoms with Crippen molar-refractivity contribution in [3.8, 4) is 0 Å². The van der Waals surface area contributed by atoms with Gasteiger partial charge in [0.05, 0.1) is 5.92 Å². The fourth-order valence-electron chi connectivity index (χ4n) is 2.58. The Balaban J connectivity index is 1.88. The van der Waals surface area contributed by atoms with Gasteiger partial charge in [0.15, 0.2) is 0 Å². The Morgan fingerprint density at radius 2 is 1.90 bits per heavy atom. The summed E-state index contributed by atoms with van der Waals surface area (Å²) >= 11 is 0. The molecule has 5 nitrogen and oxygen atoms in total. The third-order valence-electron chi connectivity index (χ3n) is 3.83. The lowest BCUT2D eigenvalue weighted by Crippen LogP contribution is -2.35. The van der Waals surface area contributed by atoms with Crippen LogP contribution in [0.4, 0.5) is 4.79 Å². The Kier molecular flexibility index (Phi) is 4.83. The topological polar surface area (TPSA) is 49.9 Å². The van der Waals surface area contributed by atoms with Gasteiger partial charge in [0.2, 0.25) is 5.91 Å². The van der Waals surface area contributed by atoms with Crippen molar-refractivity contribution in [2.75, 3.05) is 27.2 Å². The molecule has 2 amide bonds. The molecule has 1 fully saturated rings. The summed E-state index contributed by atoms with van der Waals surface area (Å²) in [6, 6.07) is 9.57. The highest BCUT2D eigenvalue weighted by atomic mass is 16.6. The van der Waals surface area contributed by atoms with E-state index in [-0.39, 0.29) is 30.4 Å². The normalized spacial score (nSPS) is 21.2. The van der Waals surface area contributed by atoms with Gasteiger partial charge < -0.3 is 14.5 Å². The van der Waals surface area contributed by atoms with Crippen LogP contribution in [0.2, 0.25) is 0 Å². The van der Waals surface area contributed by atoms with Crippen LogP contribution in [0, 0.1) is 11.8 Å². The highest BCUT2D eigenvalue weighted by Gasteiger charge is 2.38. The number of carbonyl (C=O) groups excluding carboxylic acids is 2. The first-order valence-corrected chi connectivity index (χ1v) is 7.16. The van der Waals surface area contributed by atoms with Crippen LogP contribution in [0.3, 0.4) is 0 Å². The zero-order valence-corrected chi connectivity index (χ0v) is 12.8. The van der Waals surface area contributed by atoms with E-state index < -0.39 is 0 Å². The predicted octanol–water partition coefficient (Wildman–Crippen LogP) is 1.98. The minimum Gasteiger partial charge on any atom is -0.445 e. The molecule has 0 saturated carbocycles. The minimum atomic E-state index is -0.347. The number of amides is 2. The van der Waals surface area contributed by atoms with Crippen LogP contribution < -0.4 is 0 Å². The summed E-state index contributed by atoms with van der Waals surface area (Å²) in [6.07, 6.45) is -0.347. The van der Waals surface area contributed by atoms with Gasteiger partial charge in [-0.25, -0.2) is 4.79 Å². The highest BCUT2D eigenvalue weighted by molar-refractivity contribution is 5.80. The zero-order valence-electron chi connectivity index (χ0n) is 12.8. The van der Waals surface area contributed by atoms with E-state index >= 15 is 0 Å². The highest BCUT2D eigenvalue weighted by Crippen LogP contribution is 2.25. The quantitative estimate of drug-likeness (QED) is 0.855. The van der Waals surface area contributed by atoms with Crippen LogP contribution in [0.1, 0.15) is 12.5 Å². The number of carbonyl (C=O) groups is 2. The van der Waals surface area contributed by atoms with Gasteiger partial charge in [-0.1, -0.05) is 37.3 Å². The Morgan fingerprint density at radius 3 is 2.52 bits per heavy atom. The molecular formula is C16H22N2O3. The van der Waals surface area contributed by atoms with Gasteiger partial charge >= 0.3 is 6.09 Å². The Hall–Kier alpha value is -2.04. The van der Waals surface area contributed by atoms with Crippen molar-refractivity contribution in [3.63, 3.8) is 0 Å². The van der Waals surface area contributed by atoms with Gasteiger partial charge in [0, 0.05) is 27.2 Å². The van der Waals surface area contributed by atoms with E-state index in [0.717, 1.165) is 5.56 Å². The van der Waals surface area contributed by atoms with Crippen molar-refractivity contribution in [1.29, 1.82) is 0 Å². The van der Waals surface area contributed by atoms with Crippen molar-refractivity contribution >= 4 is 12.0 Å². The van der Waals surface area contributed by atoms with Crippen molar-refractivity contribution < 1.29 is 14.3 Å². The molecule has 1 heterocycles. The van der Waals surface area contributed by atoms with Gasteiger partial charge in [0.25, 0.3) is 0 Å². The van der Waals surface area contributed by atoms with Gasteiger partial charge in [-0.2, -0.15) is 0 Å². The first-order chi connectivity index (χ1) is 9.99. The van der Waals surface area contributed by atoms with E-state index in [1.165, 1.54) is 0 Å². The Bertz CT molecular complexity index is 502. The minimum absolute atomic E-state index is 0.0702. The smallest absolute Gasteiger partial charge is 0.410 e. The number of nitrogens with zero attached hydrogens (tertiary/aromatic N) is 2. The SMILES string of the molecule is C[C@H]1CN(C(=O)OCc2ccccc2)C[C@@H]1C(=O)N(C)C. The molecule has 1 aliphatic rings. The molecule has 0 unspecified atom stereocenters. The molecule has 1 aromatic rings. The molecule has 1 aliphatic heterocycles. The number of rotatable bonds is 3. The standard InChI is InChI=1S/C16H22N2O3/c1-12-9-18(10-14(12)15(19)17(2)3)16(20)21-11-13-7-5-4-6-8-13/h4-8,12,14H,9-11H2,1-3H3/t12-,14-/m0/s1. The molecule has 5 heteroatoms. The average molecular weight is 290 g/mol. The lowest BCUT2D eigenvalue weighted by atomic mass is 9.97. The van der Waals surface area contributed by atoms with E-state index in [1.54, 1.807) is 23.9 Å². The maximum absolute atomic E-state index is 12.1. The summed E-state index contributed by atoms with van der Waals surface area (Å²) in [5.41, 5.74) is 0.957. The van der Waals surface area contributed by atoms with Crippen molar-refractivity contribution in [3.05, 3.63) is 35.9 Å². The molecule has 0 bridgehead atoms. The summed E-state index contributed by atoms with van der Waals surface area (Å²) < 4.78 is 5.31. The molecule has 1 aromatic carbocycles. The largest absolute Gasteiger partial charge is 0.445 e. The maximum atomic E-state index is 12.1. The van der Waals surface area contributed by atoms with Crippen LogP contribution in [-0.2, 0) is 16.1 Å². The summed E-state index contributed by atoms with van der Waals surface area (Å²) in [6.45, 7) is 3.26. The van der Waals surface area contributed by atoms with Crippen LogP contribution in [0.15, 0.2) is 30.3 Å². The van der Waals surface area contributed by atoms with E-state index in [0.29, 0.717) is 13.1 Å². The lowest BCUT2D eigenvalue weighted by molar-refractivity contribution is -0.133. The van der Waals surface area contributed by atoms with Crippen LogP contribution in [0.5, 0.6) is 0 Å². The molecule has 114 valence electrons. The molecular weight excluding hydrogens is 268 g/mol. The fraction of sp³-hybridized carbons (Fsp3) is 0.500. The second-order valence-corrected chi connectivity index (χ2v) is 5.76. The predicted molar refractivity (Wildman–Crippen MR) is 79.5 cm³/mol. The number of ether oxygens (including phenoxy) is 1. The van der Waals surface area contributed by atoms with E-state index in [4.69, 9.17) is 4.74 Å². The Labute approximate surface area is 125 Å². The van der Waals surface area contributed by atoms with E-state index in [9.17, 15) is 9.59 Å². The molecule has 0 N–H and O–H groups in total. The summed E-state index contributed by atoms with van der Waals surface area (Å²) in [7, 11) is 3.48. The monoisotopic (exact) mass is 290 g/mol. The first kappa shape index (κ1) is 15.4.